The van der Waals surface area contributed by atoms with Gasteiger partial charge in [0.25, 0.3) is 5.91 Å². The van der Waals surface area contributed by atoms with Crippen molar-refractivity contribution in [3.63, 3.8) is 0 Å². The summed E-state index contributed by atoms with van der Waals surface area (Å²) >= 11 is 0. The first-order valence-corrected chi connectivity index (χ1v) is 10.4. The molecule has 1 heterocycles. The summed E-state index contributed by atoms with van der Waals surface area (Å²) in [5.74, 6) is 0.403. The van der Waals surface area contributed by atoms with E-state index < -0.39 is 12.1 Å². The van der Waals surface area contributed by atoms with E-state index in [2.05, 4.69) is 12.2 Å². The fourth-order valence-electron chi connectivity index (χ4n) is 3.77. The third-order valence-electron chi connectivity index (χ3n) is 5.64. The van der Waals surface area contributed by atoms with E-state index in [1.54, 1.807) is 31.2 Å². The molecule has 0 aromatic heterocycles. The first-order valence-electron chi connectivity index (χ1n) is 10.4. The number of benzene rings is 1. The molecule has 4 atom stereocenters. The summed E-state index contributed by atoms with van der Waals surface area (Å²) in [6, 6.07) is 6.95. The number of hydrogen-bond donors (Lipinski definition) is 1. The monoisotopic (exact) mass is 389 g/mol. The van der Waals surface area contributed by atoms with Crippen LogP contribution in [0.3, 0.4) is 0 Å². The zero-order chi connectivity index (χ0) is 19.9. The van der Waals surface area contributed by atoms with E-state index in [0.29, 0.717) is 23.8 Å². The number of ether oxygens (including phenoxy) is 3. The van der Waals surface area contributed by atoms with Crippen molar-refractivity contribution in [3.05, 3.63) is 29.8 Å². The van der Waals surface area contributed by atoms with E-state index in [4.69, 9.17) is 14.2 Å². The second kappa shape index (κ2) is 9.92. The zero-order valence-corrected chi connectivity index (χ0v) is 16.8. The van der Waals surface area contributed by atoms with Crippen LogP contribution < -0.4 is 10.1 Å². The van der Waals surface area contributed by atoms with Crippen LogP contribution in [-0.4, -0.2) is 43.3 Å². The van der Waals surface area contributed by atoms with Gasteiger partial charge in [-0.3, -0.25) is 4.79 Å². The van der Waals surface area contributed by atoms with Crippen molar-refractivity contribution in [1.82, 2.24) is 5.32 Å². The van der Waals surface area contributed by atoms with Gasteiger partial charge in [0.1, 0.15) is 12.4 Å². The number of carbonyl (C=O) groups is 2. The molecule has 1 amide bonds. The van der Waals surface area contributed by atoms with Gasteiger partial charge < -0.3 is 19.5 Å². The van der Waals surface area contributed by atoms with Crippen molar-refractivity contribution in [2.75, 3.05) is 13.2 Å². The van der Waals surface area contributed by atoms with Gasteiger partial charge in [0, 0.05) is 12.6 Å². The van der Waals surface area contributed by atoms with Crippen LogP contribution in [0, 0.1) is 5.92 Å². The molecule has 1 aliphatic carbocycles. The summed E-state index contributed by atoms with van der Waals surface area (Å²) in [5.41, 5.74) is 0.398. The molecule has 2 fully saturated rings. The van der Waals surface area contributed by atoms with Gasteiger partial charge in [-0.05, 0) is 62.8 Å². The molecule has 1 aromatic carbocycles. The summed E-state index contributed by atoms with van der Waals surface area (Å²) in [6.07, 6.45) is 5.87. The van der Waals surface area contributed by atoms with E-state index in [9.17, 15) is 9.59 Å². The van der Waals surface area contributed by atoms with Crippen LogP contribution in [0.2, 0.25) is 0 Å². The normalized spacial score (nSPS) is 25.7. The van der Waals surface area contributed by atoms with E-state index in [1.165, 1.54) is 6.42 Å². The molecule has 28 heavy (non-hydrogen) atoms. The smallest absolute Gasteiger partial charge is 0.338 e. The lowest BCUT2D eigenvalue weighted by molar-refractivity contribution is -0.130. The lowest BCUT2D eigenvalue weighted by atomic mass is 9.86. The molecule has 0 unspecified atom stereocenters. The molecule has 1 aliphatic heterocycles. The molecule has 0 radical (unpaired) electrons. The van der Waals surface area contributed by atoms with Gasteiger partial charge in [-0.25, -0.2) is 4.79 Å². The molecule has 1 saturated carbocycles. The number of nitrogens with one attached hydrogen (secondary N) is 1. The lowest BCUT2D eigenvalue weighted by Crippen LogP contribution is -2.45. The summed E-state index contributed by atoms with van der Waals surface area (Å²) in [6.45, 7) is 5.08. The van der Waals surface area contributed by atoms with Gasteiger partial charge in [0.05, 0.1) is 11.7 Å². The molecule has 2 aliphatic rings. The largest absolute Gasteiger partial charge is 0.491 e. The van der Waals surface area contributed by atoms with Crippen molar-refractivity contribution in [2.24, 2.45) is 5.92 Å². The fraction of sp³-hybridized carbons (Fsp3) is 0.636. The van der Waals surface area contributed by atoms with Crippen molar-refractivity contribution in [2.45, 2.75) is 70.6 Å². The molecule has 3 rings (SSSR count). The Bertz CT molecular complexity index is 653. The number of rotatable bonds is 7. The van der Waals surface area contributed by atoms with Crippen LogP contribution in [0.5, 0.6) is 5.75 Å². The third kappa shape index (κ3) is 5.71. The second-order valence-electron chi connectivity index (χ2n) is 7.89. The van der Waals surface area contributed by atoms with Gasteiger partial charge in [-0.1, -0.05) is 19.8 Å². The topological polar surface area (TPSA) is 73.9 Å². The van der Waals surface area contributed by atoms with Crippen molar-refractivity contribution in [3.8, 4) is 5.75 Å². The van der Waals surface area contributed by atoms with Gasteiger partial charge in [0.15, 0.2) is 6.10 Å². The van der Waals surface area contributed by atoms with Gasteiger partial charge >= 0.3 is 5.97 Å². The predicted octanol–water partition coefficient (Wildman–Crippen LogP) is 3.48. The van der Waals surface area contributed by atoms with Crippen LogP contribution in [-0.2, 0) is 14.3 Å². The Morgan fingerprint density at radius 3 is 2.57 bits per heavy atom. The maximum absolute atomic E-state index is 12.4. The van der Waals surface area contributed by atoms with E-state index in [-0.39, 0.29) is 18.1 Å². The predicted molar refractivity (Wildman–Crippen MR) is 105 cm³/mol. The maximum Gasteiger partial charge on any atom is 0.338 e. The third-order valence-corrected chi connectivity index (χ3v) is 5.64. The average Bonchev–Trinajstić information content (AvgIpc) is 3.22. The van der Waals surface area contributed by atoms with Gasteiger partial charge in [-0.15, -0.1) is 0 Å². The van der Waals surface area contributed by atoms with Gasteiger partial charge in [0.2, 0.25) is 0 Å². The molecule has 0 spiro atoms. The zero-order valence-electron chi connectivity index (χ0n) is 16.8. The Morgan fingerprint density at radius 2 is 1.89 bits per heavy atom. The summed E-state index contributed by atoms with van der Waals surface area (Å²) in [7, 11) is 0. The standard InChI is InChI=1S/C22H31NO5/c1-15-6-3-4-8-20(15)23-21(24)16(2)28-22(25)17-9-11-18(12-10-17)27-14-19-7-5-13-26-19/h9-12,15-16,19-20H,3-8,13-14H2,1-2H3,(H,23,24)/t15-,16+,19-,20-/m0/s1. The van der Waals surface area contributed by atoms with Crippen molar-refractivity contribution < 1.29 is 23.8 Å². The summed E-state index contributed by atoms with van der Waals surface area (Å²) in [5, 5.41) is 3.03. The first kappa shape index (κ1) is 20.6. The molecule has 1 saturated heterocycles. The van der Waals surface area contributed by atoms with Crippen LogP contribution in [0.1, 0.15) is 62.7 Å². The maximum atomic E-state index is 12.4. The highest BCUT2D eigenvalue weighted by molar-refractivity contribution is 5.92. The summed E-state index contributed by atoms with van der Waals surface area (Å²) < 4.78 is 16.6. The Morgan fingerprint density at radius 1 is 1.14 bits per heavy atom. The Kier molecular flexibility index (Phi) is 7.31. The minimum atomic E-state index is -0.822. The minimum Gasteiger partial charge on any atom is -0.491 e. The molecular weight excluding hydrogens is 358 g/mol. The van der Waals surface area contributed by atoms with E-state index in [1.807, 2.05) is 0 Å². The number of esters is 1. The Labute approximate surface area is 166 Å². The number of hydrogen-bond acceptors (Lipinski definition) is 5. The van der Waals surface area contributed by atoms with Crippen LogP contribution in [0.15, 0.2) is 24.3 Å². The van der Waals surface area contributed by atoms with Crippen molar-refractivity contribution >= 4 is 11.9 Å². The molecule has 6 nitrogen and oxygen atoms in total. The highest BCUT2D eigenvalue weighted by Crippen LogP contribution is 2.24. The van der Waals surface area contributed by atoms with Crippen LogP contribution in [0.4, 0.5) is 0 Å². The lowest BCUT2D eigenvalue weighted by Gasteiger charge is -2.30. The second-order valence-corrected chi connectivity index (χ2v) is 7.89. The van der Waals surface area contributed by atoms with Gasteiger partial charge in [-0.2, -0.15) is 0 Å². The van der Waals surface area contributed by atoms with Crippen molar-refractivity contribution in [1.29, 1.82) is 0 Å². The quantitative estimate of drug-likeness (QED) is 0.723. The van der Waals surface area contributed by atoms with Crippen LogP contribution in [0.25, 0.3) is 0 Å². The summed E-state index contributed by atoms with van der Waals surface area (Å²) in [4.78, 5) is 24.7. The molecular formula is C22H31NO5. The molecule has 0 bridgehead atoms. The highest BCUT2D eigenvalue weighted by Gasteiger charge is 2.26. The first-order chi connectivity index (χ1) is 13.5. The average molecular weight is 389 g/mol. The minimum absolute atomic E-state index is 0.149. The van der Waals surface area contributed by atoms with E-state index in [0.717, 1.165) is 38.7 Å². The molecule has 1 aromatic rings. The fourth-order valence-corrected chi connectivity index (χ4v) is 3.77. The highest BCUT2D eigenvalue weighted by atomic mass is 16.5. The number of amides is 1. The molecule has 6 heteroatoms. The van der Waals surface area contributed by atoms with Crippen LogP contribution >= 0.6 is 0 Å². The number of carbonyl (C=O) groups excluding carboxylic acids is 2. The molecule has 154 valence electrons. The van der Waals surface area contributed by atoms with E-state index >= 15 is 0 Å². The SMILES string of the molecule is C[C@@H](OC(=O)c1ccc(OC[C@@H]2CCCO2)cc1)C(=O)N[C@H]1CCCC[C@@H]1C. The molecule has 1 N–H and O–H groups in total. The Hall–Kier alpha value is -2.08. The Balaban J connectivity index is 1.45.